The fraction of sp³-hybridized carbons (Fsp3) is 0.200. The van der Waals surface area contributed by atoms with E-state index in [1.807, 2.05) is 0 Å². The molecule has 156 valence electrons. The Morgan fingerprint density at radius 1 is 1.17 bits per heavy atom. The summed E-state index contributed by atoms with van der Waals surface area (Å²) in [4.78, 5) is 48.5. The average molecular weight is 432 g/mol. The summed E-state index contributed by atoms with van der Waals surface area (Å²) < 4.78 is 10.2. The Morgan fingerprint density at radius 3 is 2.53 bits per heavy atom. The van der Waals surface area contributed by atoms with Crippen molar-refractivity contribution in [3.8, 4) is 5.75 Å². The monoisotopic (exact) mass is 431 g/mol. The Bertz CT molecular complexity index is 977. The number of amides is 4. The Hall–Kier alpha value is -3.59. The number of ether oxygens (including phenoxy) is 2. The number of methoxy groups -OCH3 is 1. The molecule has 1 heterocycles. The Labute approximate surface area is 176 Å². The minimum Gasteiger partial charge on any atom is -0.495 e. The number of nitrogens with zero attached hydrogens (tertiary/aromatic N) is 1. The second-order valence-electron chi connectivity index (χ2n) is 6.30. The molecule has 4 amide bonds. The molecule has 1 aliphatic heterocycles. The van der Waals surface area contributed by atoms with Gasteiger partial charge in [-0.2, -0.15) is 0 Å². The molecule has 2 aromatic rings. The highest BCUT2D eigenvalue weighted by Gasteiger charge is 2.28. The maximum atomic E-state index is 12.2. The predicted molar refractivity (Wildman–Crippen MR) is 107 cm³/mol. The first kappa shape index (κ1) is 21.1. The van der Waals surface area contributed by atoms with Gasteiger partial charge in [-0.25, -0.2) is 9.59 Å². The highest BCUT2D eigenvalue weighted by Crippen LogP contribution is 2.27. The van der Waals surface area contributed by atoms with Gasteiger partial charge in [0.05, 0.1) is 31.5 Å². The molecule has 1 aliphatic rings. The number of carbonyl (C=O) groups excluding carboxylic acids is 4. The molecule has 9 nitrogen and oxygen atoms in total. The number of halogens is 1. The number of anilines is 1. The number of carbonyl (C=O) groups is 4. The largest absolute Gasteiger partial charge is 0.495 e. The molecule has 2 N–H and O–H groups in total. The predicted octanol–water partition coefficient (Wildman–Crippen LogP) is 2.20. The lowest BCUT2D eigenvalue weighted by Crippen LogP contribution is -2.30. The fourth-order valence-corrected chi connectivity index (χ4v) is 2.89. The number of rotatable bonds is 7. The van der Waals surface area contributed by atoms with Gasteiger partial charge < -0.3 is 20.1 Å². The summed E-state index contributed by atoms with van der Waals surface area (Å²) >= 11 is 5.91. The SMILES string of the molecule is COc1ccc(Cl)cc1NC(=O)COC(=O)c1ccc(CN2C(=O)CNC2=O)cc1. The molecular weight excluding hydrogens is 414 g/mol. The van der Waals surface area contributed by atoms with E-state index in [4.69, 9.17) is 21.1 Å². The van der Waals surface area contributed by atoms with E-state index in [9.17, 15) is 19.2 Å². The lowest BCUT2D eigenvalue weighted by molar-refractivity contribution is -0.125. The molecule has 1 fully saturated rings. The van der Waals surface area contributed by atoms with Crippen molar-refractivity contribution < 1.29 is 28.7 Å². The van der Waals surface area contributed by atoms with Gasteiger partial charge in [-0.15, -0.1) is 0 Å². The molecule has 2 aromatic carbocycles. The third-order valence-electron chi connectivity index (χ3n) is 4.24. The standard InChI is InChI=1S/C20H18ClN3O6/c1-29-16-7-6-14(21)8-15(16)23-17(25)11-30-19(27)13-4-2-12(3-5-13)10-24-18(26)9-22-20(24)28/h2-8H,9-11H2,1H3,(H,22,28)(H,23,25). The van der Waals surface area contributed by atoms with Crippen LogP contribution in [0, 0.1) is 0 Å². The zero-order valence-electron chi connectivity index (χ0n) is 15.9. The Balaban J connectivity index is 1.53. The van der Waals surface area contributed by atoms with Crippen LogP contribution < -0.4 is 15.4 Å². The van der Waals surface area contributed by atoms with Crippen molar-refractivity contribution in [2.24, 2.45) is 0 Å². The summed E-state index contributed by atoms with van der Waals surface area (Å²) in [6.07, 6.45) is 0. The molecule has 0 atom stereocenters. The van der Waals surface area contributed by atoms with E-state index in [-0.39, 0.29) is 24.6 Å². The molecule has 30 heavy (non-hydrogen) atoms. The van der Waals surface area contributed by atoms with E-state index in [0.29, 0.717) is 22.0 Å². The van der Waals surface area contributed by atoms with E-state index < -0.39 is 24.5 Å². The van der Waals surface area contributed by atoms with Crippen LogP contribution in [0.2, 0.25) is 5.02 Å². The molecule has 0 spiro atoms. The number of urea groups is 1. The Kier molecular flexibility index (Phi) is 6.53. The molecule has 0 aromatic heterocycles. The van der Waals surface area contributed by atoms with Gasteiger partial charge in [-0.3, -0.25) is 14.5 Å². The number of imide groups is 1. The number of esters is 1. The topological polar surface area (TPSA) is 114 Å². The van der Waals surface area contributed by atoms with Crippen LogP contribution in [-0.2, 0) is 20.9 Å². The highest BCUT2D eigenvalue weighted by molar-refractivity contribution is 6.31. The zero-order valence-corrected chi connectivity index (χ0v) is 16.7. The van der Waals surface area contributed by atoms with Crippen LogP contribution in [0.3, 0.4) is 0 Å². The molecule has 0 aliphatic carbocycles. The quantitative estimate of drug-likeness (QED) is 0.513. The fourth-order valence-electron chi connectivity index (χ4n) is 2.72. The van der Waals surface area contributed by atoms with Crippen LogP contribution in [0.25, 0.3) is 0 Å². The minimum absolute atomic E-state index is 0.0215. The summed E-state index contributed by atoms with van der Waals surface area (Å²) in [5, 5.41) is 5.41. The van der Waals surface area contributed by atoms with Crippen molar-refractivity contribution in [1.82, 2.24) is 10.2 Å². The molecule has 0 radical (unpaired) electrons. The molecular formula is C20H18ClN3O6. The first-order valence-corrected chi connectivity index (χ1v) is 9.23. The first-order valence-electron chi connectivity index (χ1n) is 8.85. The Morgan fingerprint density at radius 2 is 1.90 bits per heavy atom. The minimum atomic E-state index is -0.690. The van der Waals surface area contributed by atoms with Crippen LogP contribution in [0.4, 0.5) is 10.5 Å². The molecule has 10 heteroatoms. The maximum Gasteiger partial charge on any atom is 0.338 e. The van der Waals surface area contributed by atoms with E-state index in [2.05, 4.69) is 10.6 Å². The molecule has 0 saturated carbocycles. The molecule has 1 saturated heterocycles. The van der Waals surface area contributed by atoms with Crippen LogP contribution in [-0.4, -0.2) is 49.0 Å². The molecule has 0 unspecified atom stereocenters. The van der Waals surface area contributed by atoms with E-state index in [0.717, 1.165) is 4.90 Å². The van der Waals surface area contributed by atoms with Crippen LogP contribution >= 0.6 is 11.6 Å². The van der Waals surface area contributed by atoms with Crippen molar-refractivity contribution in [1.29, 1.82) is 0 Å². The van der Waals surface area contributed by atoms with Gasteiger partial charge >= 0.3 is 12.0 Å². The summed E-state index contributed by atoms with van der Waals surface area (Å²) in [5.41, 5.74) is 1.25. The third-order valence-corrected chi connectivity index (χ3v) is 4.47. The van der Waals surface area contributed by atoms with Crippen LogP contribution in [0.1, 0.15) is 15.9 Å². The van der Waals surface area contributed by atoms with Crippen molar-refractivity contribution >= 4 is 41.1 Å². The van der Waals surface area contributed by atoms with Gasteiger partial charge in [0.1, 0.15) is 5.75 Å². The lowest BCUT2D eigenvalue weighted by atomic mass is 10.1. The van der Waals surface area contributed by atoms with Crippen LogP contribution in [0.5, 0.6) is 5.75 Å². The summed E-state index contributed by atoms with van der Waals surface area (Å²) in [6.45, 7) is -0.422. The van der Waals surface area contributed by atoms with Gasteiger partial charge in [-0.05, 0) is 35.9 Å². The normalized spacial score (nSPS) is 13.1. The van der Waals surface area contributed by atoms with Crippen molar-refractivity contribution in [2.75, 3.05) is 25.6 Å². The summed E-state index contributed by atoms with van der Waals surface area (Å²) in [7, 11) is 1.45. The third kappa shape index (κ3) is 5.06. The second-order valence-corrected chi connectivity index (χ2v) is 6.74. The lowest BCUT2D eigenvalue weighted by Gasteiger charge is -2.12. The first-order chi connectivity index (χ1) is 14.4. The summed E-state index contributed by atoms with van der Waals surface area (Å²) in [6, 6.07) is 10.5. The van der Waals surface area contributed by atoms with E-state index in [1.165, 1.54) is 25.3 Å². The highest BCUT2D eigenvalue weighted by atomic mass is 35.5. The zero-order chi connectivity index (χ0) is 21.7. The van der Waals surface area contributed by atoms with Gasteiger partial charge in [0.15, 0.2) is 6.61 Å². The van der Waals surface area contributed by atoms with E-state index in [1.54, 1.807) is 24.3 Å². The van der Waals surface area contributed by atoms with Gasteiger partial charge in [-0.1, -0.05) is 23.7 Å². The smallest absolute Gasteiger partial charge is 0.338 e. The van der Waals surface area contributed by atoms with Crippen molar-refractivity contribution in [3.05, 3.63) is 58.6 Å². The van der Waals surface area contributed by atoms with Gasteiger partial charge in [0.25, 0.3) is 5.91 Å². The van der Waals surface area contributed by atoms with Gasteiger partial charge in [0, 0.05) is 5.02 Å². The molecule has 3 rings (SSSR count). The van der Waals surface area contributed by atoms with Crippen molar-refractivity contribution in [3.63, 3.8) is 0 Å². The molecule has 0 bridgehead atoms. The number of nitrogens with one attached hydrogen (secondary N) is 2. The van der Waals surface area contributed by atoms with Crippen molar-refractivity contribution in [2.45, 2.75) is 6.54 Å². The van der Waals surface area contributed by atoms with E-state index >= 15 is 0 Å². The average Bonchev–Trinajstić information content (AvgIpc) is 3.05. The number of hydrogen-bond donors (Lipinski definition) is 2. The van der Waals surface area contributed by atoms with Gasteiger partial charge in [0.2, 0.25) is 5.91 Å². The second kappa shape index (κ2) is 9.27. The number of hydrogen-bond acceptors (Lipinski definition) is 6. The maximum absolute atomic E-state index is 12.2. The summed E-state index contributed by atoms with van der Waals surface area (Å²) in [5.74, 6) is -1.14. The number of benzene rings is 2. The van der Waals surface area contributed by atoms with Crippen LogP contribution in [0.15, 0.2) is 42.5 Å².